The summed E-state index contributed by atoms with van der Waals surface area (Å²) in [4.78, 5) is 1.15. The van der Waals surface area contributed by atoms with Crippen LogP contribution < -0.4 is 0 Å². The molecule has 1 saturated carbocycles. The van der Waals surface area contributed by atoms with Gasteiger partial charge in [-0.05, 0) is 49.9 Å². The number of rotatable bonds is 2. The quantitative estimate of drug-likeness (QED) is 0.770. The Labute approximate surface area is 99.4 Å². The molecule has 0 atom stereocenters. The van der Waals surface area contributed by atoms with E-state index in [1.807, 2.05) is 19.1 Å². The van der Waals surface area contributed by atoms with Crippen LogP contribution in [0.4, 0.5) is 0 Å². The largest absolute Gasteiger partial charge is 0.197 e. The Morgan fingerprint density at radius 3 is 2.67 bits per heavy atom. The second-order valence-electron chi connectivity index (χ2n) is 3.97. The van der Waals surface area contributed by atoms with Crippen LogP contribution in [0.3, 0.4) is 0 Å². The lowest BCUT2D eigenvalue weighted by Gasteiger charge is -2.34. The van der Waals surface area contributed by atoms with Gasteiger partial charge in [0.1, 0.15) is 4.75 Å². The van der Waals surface area contributed by atoms with Gasteiger partial charge in [-0.15, -0.1) is 11.8 Å². The summed E-state index contributed by atoms with van der Waals surface area (Å²) in [6.07, 6.45) is 3.19. The van der Waals surface area contributed by atoms with Crippen molar-refractivity contribution in [3.8, 4) is 6.07 Å². The SMILES string of the molecule is Cc1cc(SC2(C#N)CCC2)ccc1Cl. The molecule has 1 fully saturated rings. The van der Waals surface area contributed by atoms with Gasteiger partial charge in [-0.2, -0.15) is 5.26 Å². The molecule has 0 aliphatic heterocycles. The van der Waals surface area contributed by atoms with Crippen LogP contribution in [0.15, 0.2) is 23.1 Å². The average molecular weight is 238 g/mol. The minimum atomic E-state index is -0.166. The van der Waals surface area contributed by atoms with Crippen LogP contribution in [0.2, 0.25) is 5.02 Å². The fraction of sp³-hybridized carbons (Fsp3) is 0.417. The Bertz CT molecular complexity index is 418. The van der Waals surface area contributed by atoms with Crippen molar-refractivity contribution >= 4 is 23.4 Å². The topological polar surface area (TPSA) is 23.8 Å². The molecule has 1 aromatic carbocycles. The fourth-order valence-corrected chi connectivity index (χ4v) is 3.12. The Hall–Kier alpha value is -0.650. The van der Waals surface area contributed by atoms with Crippen LogP contribution in [0, 0.1) is 18.3 Å². The zero-order chi connectivity index (χ0) is 10.9. The first-order valence-corrected chi connectivity index (χ1v) is 6.21. The third kappa shape index (κ3) is 2.14. The minimum absolute atomic E-state index is 0.166. The molecule has 0 amide bonds. The van der Waals surface area contributed by atoms with Crippen molar-refractivity contribution < 1.29 is 0 Å². The number of hydrogen-bond donors (Lipinski definition) is 0. The molecule has 78 valence electrons. The van der Waals surface area contributed by atoms with E-state index in [1.54, 1.807) is 11.8 Å². The van der Waals surface area contributed by atoms with Crippen molar-refractivity contribution in [1.29, 1.82) is 5.26 Å². The highest BCUT2D eigenvalue weighted by Crippen LogP contribution is 2.47. The summed E-state index contributed by atoms with van der Waals surface area (Å²) in [5, 5.41) is 9.92. The van der Waals surface area contributed by atoms with Gasteiger partial charge in [-0.1, -0.05) is 11.6 Å². The third-order valence-corrected chi connectivity index (χ3v) is 4.61. The second-order valence-corrected chi connectivity index (χ2v) is 5.84. The van der Waals surface area contributed by atoms with Crippen LogP contribution in [-0.4, -0.2) is 4.75 Å². The van der Waals surface area contributed by atoms with E-state index in [9.17, 15) is 0 Å². The maximum absolute atomic E-state index is 9.12. The summed E-state index contributed by atoms with van der Waals surface area (Å²) in [6, 6.07) is 8.39. The Balaban J connectivity index is 2.18. The molecular formula is C12H12ClNS. The van der Waals surface area contributed by atoms with Gasteiger partial charge in [0, 0.05) is 9.92 Å². The summed E-state index contributed by atoms with van der Waals surface area (Å²) < 4.78 is -0.166. The Kier molecular flexibility index (Phi) is 2.95. The maximum atomic E-state index is 9.12. The lowest BCUT2D eigenvalue weighted by Crippen LogP contribution is -2.30. The molecule has 1 aromatic rings. The predicted octanol–water partition coefficient (Wildman–Crippen LogP) is 4.19. The van der Waals surface area contributed by atoms with E-state index >= 15 is 0 Å². The van der Waals surface area contributed by atoms with E-state index in [1.165, 1.54) is 6.42 Å². The summed E-state index contributed by atoms with van der Waals surface area (Å²) in [6.45, 7) is 1.99. The molecule has 0 unspecified atom stereocenters. The summed E-state index contributed by atoms with van der Waals surface area (Å²) in [5.74, 6) is 0. The van der Waals surface area contributed by atoms with Gasteiger partial charge in [0.15, 0.2) is 0 Å². The van der Waals surface area contributed by atoms with Crippen molar-refractivity contribution in [2.75, 3.05) is 0 Å². The minimum Gasteiger partial charge on any atom is -0.197 e. The maximum Gasteiger partial charge on any atom is 0.107 e. The number of thioether (sulfide) groups is 1. The molecule has 1 aliphatic carbocycles. The molecule has 0 saturated heterocycles. The van der Waals surface area contributed by atoms with Crippen LogP contribution in [-0.2, 0) is 0 Å². The van der Waals surface area contributed by atoms with Gasteiger partial charge in [0.05, 0.1) is 6.07 Å². The van der Waals surface area contributed by atoms with Gasteiger partial charge in [-0.25, -0.2) is 0 Å². The molecule has 0 bridgehead atoms. The highest BCUT2D eigenvalue weighted by atomic mass is 35.5. The Morgan fingerprint density at radius 1 is 1.47 bits per heavy atom. The average Bonchev–Trinajstić information content (AvgIpc) is 2.17. The lowest BCUT2D eigenvalue weighted by molar-refractivity contribution is 0.440. The van der Waals surface area contributed by atoms with Crippen molar-refractivity contribution in [3.63, 3.8) is 0 Å². The van der Waals surface area contributed by atoms with Crippen molar-refractivity contribution in [3.05, 3.63) is 28.8 Å². The molecule has 3 heteroatoms. The number of benzene rings is 1. The molecule has 1 aliphatic rings. The normalized spacial score (nSPS) is 17.9. The number of hydrogen-bond acceptors (Lipinski definition) is 2. The van der Waals surface area contributed by atoms with E-state index in [-0.39, 0.29) is 4.75 Å². The van der Waals surface area contributed by atoms with Crippen LogP contribution >= 0.6 is 23.4 Å². The molecule has 1 nitrogen and oxygen atoms in total. The Morgan fingerprint density at radius 2 is 2.20 bits per heavy atom. The van der Waals surface area contributed by atoms with Gasteiger partial charge < -0.3 is 0 Å². The number of halogens is 1. The van der Waals surface area contributed by atoms with Crippen LogP contribution in [0.5, 0.6) is 0 Å². The molecule has 0 heterocycles. The molecule has 0 radical (unpaired) electrons. The van der Waals surface area contributed by atoms with Gasteiger partial charge >= 0.3 is 0 Å². The smallest absolute Gasteiger partial charge is 0.107 e. The molecule has 15 heavy (non-hydrogen) atoms. The summed E-state index contributed by atoms with van der Waals surface area (Å²) in [7, 11) is 0. The molecular weight excluding hydrogens is 226 g/mol. The lowest BCUT2D eigenvalue weighted by atomic mass is 9.86. The molecule has 2 rings (SSSR count). The van der Waals surface area contributed by atoms with E-state index < -0.39 is 0 Å². The first-order chi connectivity index (χ1) is 7.15. The van der Waals surface area contributed by atoms with Crippen molar-refractivity contribution in [2.45, 2.75) is 35.8 Å². The monoisotopic (exact) mass is 237 g/mol. The predicted molar refractivity (Wildman–Crippen MR) is 64.2 cm³/mol. The van der Waals surface area contributed by atoms with E-state index in [0.717, 1.165) is 28.3 Å². The van der Waals surface area contributed by atoms with Gasteiger partial charge in [0.25, 0.3) is 0 Å². The number of nitrogens with zero attached hydrogens (tertiary/aromatic N) is 1. The van der Waals surface area contributed by atoms with E-state index in [2.05, 4.69) is 12.1 Å². The standard InChI is InChI=1S/C12H12ClNS/c1-9-7-10(3-4-11(9)13)15-12(8-14)5-2-6-12/h3-4,7H,2,5-6H2,1H3. The van der Waals surface area contributed by atoms with Gasteiger partial charge in [0.2, 0.25) is 0 Å². The second kappa shape index (κ2) is 4.08. The molecule has 0 aromatic heterocycles. The summed E-state index contributed by atoms with van der Waals surface area (Å²) in [5.41, 5.74) is 1.08. The molecule has 0 spiro atoms. The zero-order valence-electron chi connectivity index (χ0n) is 8.59. The van der Waals surface area contributed by atoms with Gasteiger partial charge in [-0.3, -0.25) is 0 Å². The van der Waals surface area contributed by atoms with Crippen molar-refractivity contribution in [1.82, 2.24) is 0 Å². The van der Waals surface area contributed by atoms with Crippen molar-refractivity contribution in [2.24, 2.45) is 0 Å². The first kappa shape index (κ1) is 10.9. The van der Waals surface area contributed by atoms with Crippen LogP contribution in [0.25, 0.3) is 0 Å². The first-order valence-electron chi connectivity index (χ1n) is 5.02. The van der Waals surface area contributed by atoms with E-state index in [4.69, 9.17) is 16.9 Å². The zero-order valence-corrected chi connectivity index (χ0v) is 10.2. The highest BCUT2D eigenvalue weighted by Gasteiger charge is 2.38. The third-order valence-electron chi connectivity index (χ3n) is 2.81. The highest BCUT2D eigenvalue weighted by molar-refractivity contribution is 8.01. The van der Waals surface area contributed by atoms with E-state index in [0.29, 0.717) is 0 Å². The fourth-order valence-electron chi connectivity index (χ4n) is 1.64. The van der Waals surface area contributed by atoms with Crippen LogP contribution in [0.1, 0.15) is 24.8 Å². The summed E-state index contributed by atoms with van der Waals surface area (Å²) >= 11 is 7.64. The number of nitriles is 1. The molecule has 0 N–H and O–H groups in total. The number of aryl methyl sites for hydroxylation is 1.